The molecule has 1 N–H and O–H groups in total. The van der Waals surface area contributed by atoms with Gasteiger partial charge in [-0.3, -0.25) is 9.69 Å². The smallest absolute Gasteiger partial charge is 0.253 e. The lowest BCUT2D eigenvalue weighted by molar-refractivity contribution is 0.00143. The fraction of sp³-hybridized carbons (Fsp3) is 0.571. The molecule has 10 heteroatoms. The monoisotopic (exact) mass is 423 g/mol. The third-order valence-corrected chi connectivity index (χ3v) is 7.12. The van der Waals surface area contributed by atoms with Crippen molar-refractivity contribution in [2.75, 3.05) is 19.6 Å². The number of ether oxygens (including phenoxy) is 1. The van der Waals surface area contributed by atoms with E-state index in [1.54, 1.807) is 18.6 Å². The molecular formula is C21H25N7O3. The highest BCUT2D eigenvalue weighted by molar-refractivity contribution is 6.03. The molecule has 3 aliphatic heterocycles. The van der Waals surface area contributed by atoms with Crippen LogP contribution in [-0.4, -0.2) is 66.8 Å². The number of fused-ring (bicyclic) bond motifs is 2. The van der Waals surface area contributed by atoms with Gasteiger partial charge in [0.15, 0.2) is 11.5 Å². The zero-order valence-corrected chi connectivity index (χ0v) is 17.6. The molecule has 10 nitrogen and oxygen atoms in total. The van der Waals surface area contributed by atoms with Gasteiger partial charge < -0.3 is 19.1 Å². The summed E-state index contributed by atoms with van der Waals surface area (Å²) >= 11 is 0. The van der Waals surface area contributed by atoms with Crippen molar-refractivity contribution in [1.29, 1.82) is 0 Å². The van der Waals surface area contributed by atoms with Crippen LogP contribution in [0.1, 0.15) is 34.9 Å². The van der Waals surface area contributed by atoms with Crippen LogP contribution in [0.3, 0.4) is 0 Å². The molecule has 4 atom stereocenters. The maximum Gasteiger partial charge on any atom is 0.253 e. The second-order valence-electron chi connectivity index (χ2n) is 9.03. The Bertz CT molecular complexity index is 1160. The zero-order valence-electron chi connectivity index (χ0n) is 17.6. The summed E-state index contributed by atoms with van der Waals surface area (Å²) in [6.07, 6.45) is 5.67. The normalized spacial score (nSPS) is 29.7. The minimum atomic E-state index is -0.112. The fourth-order valence-electron chi connectivity index (χ4n) is 5.79. The van der Waals surface area contributed by atoms with E-state index in [2.05, 4.69) is 30.3 Å². The van der Waals surface area contributed by atoms with Crippen molar-refractivity contribution in [2.24, 2.45) is 18.9 Å². The van der Waals surface area contributed by atoms with E-state index >= 15 is 0 Å². The van der Waals surface area contributed by atoms with Crippen LogP contribution >= 0.6 is 0 Å². The van der Waals surface area contributed by atoms with Crippen molar-refractivity contribution in [3.63, 3.8) is 0 Å². The number of likely N-dealkylation sites (tertiary alicyclic amines) is 1. The van der Waals surface area contributed by atoms with Gasteiger partial charge in [0.25, 0.3) is 5.91 Å². The maximum absolute atomic E-state index is 13.0. The number of nitrogens with zero attached hydrogens (tertiary/aromatic N) is 6. The van der Waals surface area contributed by atoms with Crippen LogP contribution in [0, 0.1) is 18.8 Å². The van der Waals surface area contributed by atoms with Gasteiger partial charge in [0, 0.05) is 44.7 Å². The van der Waals surface area contributed by atoms with E-state index in [1.807, 2.05) is 18.5 Å². The van der Waals surface area contributed by atoms with Gasteiger partial charge in [0.05, 0.1) is 30.1 Å². The number of carbonyl (C=O) groups excluding carboxylic acids is 1. The average Bonchev–Trinajstić information content (AvgIpc) is 3.55. The molecular weight excluding hydrogens is 398 g/mol. The number of imidazole rings is 1. The molecule has 0 saturated carbocycles. The summed E-state index contributed by atoms with van der Waals surface area (Å²) in [5.74, 6) is 1.88. The molecule has 31 heavy (non-hydrogen) atoms. The lowest BCUT2D eigenvalue weighted by atomic mass is 9.73. The SMILES string of the molecule is Cc1noc(CN2C[C@@H]3[C@H](CNC(=O)c4ccnc5c4ncn5C)[C@H]4CC[C@]3(C2)O4)n1. The van der Waals surface area contributed by atoms with Gasteiger partial charge in [-0.2, -0.15) is 4.98 Å². The van der Waals surface area contributed by atoms with E-state index in [4.69, 9.17) is 9.26 Å². The van der Waals surface area contributed by atoms with Crippen LogP contribution in [0.25, 0.3) is 11.2 Å². The average molecular weight is 423 g/mol. The number of hydrogen-bond donors (Lipinski definition) is 1. The number of hydrogen-bond acceptors (Lipinski definition) is 8. The maximum atomic E-state index is 13.0. The molecule has 6 rings (SSSR count). The van der Waals surface area contributed by atoms with E-state index in [0.29, 0.717) is 53.4 Å². The number of pyridine rings is 1. The molecule has 1 spiro atoms. The molecule has 2 bridgehead atoms. The van der Waals surface area contributed by atoms with E-state index in [1.165, 1.54) is 0 Å². The third kappa shape index (κ3) is 2.96. The third-order valence-electron chi connectivity index (χ3n) is 7.12. The lowest BCUT2D eigenvalue weighted by Gasteiger charge is -2.29. The molecule has 3 aromatic rings. The molecule has 6 heterocycles. The number of nitrogens with one attached hydrogen (secondary N) is 1. The Labute approximate surface area is 179 Å². The second kappa shape index (κ2) is 6.83. The second-order valence-corrected chi connectivity index (χ2v) is 9.03. The summed E-state index contributed by atoms with van der Waals surface area (Å²) in [6.45, 7) is 4.85. The first-order valence-electron chi connectivity index (χ1n) is 10.8. The van der Waals surface area contributed by atoms with E-state index in [9.17, 15) is 4.79 Å². The number of carbonyl (C=O) groups is 1. The number of aromatic nitrogens is 5. The topological polar surface area (TPSA) is 111 Å². The fourth-order valence-corrected chi connectivity index (χ4v) is 5.79. The Morgan fingerprint density at radius 3 is 3.13 bits per heavy atom. The molecule has 1 amide bonds. The minimum absolute atomic E-state index is 0.111. The van der Waals surface area contributed by atoms with Crippen LogP contribution in [0.2, 0.25) is 0 Å². The molecule has 0 unspecified atom stereocenters. The molecule has 162 valence electrons. The van der Waals surface area contributed by atoms with Gasteiger partial charge in [0.2, 0.25) is 5.89 Å². The number of aryl methyl sites for hydroxylation is 2. The molecule has 3 saturated heterocycles. The van der Waals surface area contributed by atoms with E-state index in [0.717, 1.165) is 25.9 Å². The Kier molecular flexibility index (Phi) is 4.16. The Hall–Kier alpha value is -2.85. The highest BCUT2D eigenvalue weighted by Crippen LogP contribution is 2.54. The van der Waals surface area contributed by atoms with E-state index in [-0.39, 0.29) is 17.6 Å². The summed E-state index contributed by atoms with van der Waals surface area (Å²) < 4.78 is 13.6. The summed E-state index contributed by atoms with van der Waals surface area (Å²) in [7, 11) is 1.87. The van der Waals surface area contributed by atoms with Gasteiger partial charge in [-0.05, 0) is 25.8 Å². The summed E-state index contributed by atoms with van der Waals surface area (Å²) in [4.78, 5) is 28.3. The zero-order chi connectivity index (χ0) is 21.2. The predicted molar refractivity (Wildman–Crippen MR) is 109 cm³/mol. The van der Waals surface area contributed by atoms with Crippen molar-refractivity contribution in [2.45, 2.75) is 38.0 Å². The predicted octanol–water partition coefficient (Wildman–Crippen LogP) is 1.07. The van der Waals surface area contributed by atoms with Crippen molar-refractivity contribution in [3.05, 3.63) is 35.9 Å². The van der Waals surface area contributed by atoms with Crippen LogP contribution < -0.4 is 5.32 Å². The lowest BCUT2D eigenvalue weighted by Crippen LogP contribution is -2.42. The first kappa shape index (κ1) is 18.9. The molecule has 3 fully saturated rings. The van der Waals surface area contributed by atoms with Crippen LogP contribution in [0.5, 0.6) is 0 Å². The van der Waals surface area contributed by atoms with Crippen LogP contribution in [0.15, 0.2) is 23.1 Å². The molecule has 0 radical (unpaired) electrons. The Morgan fingerprint density at radius 2 is 2.29 bits per heavy atom. The minimum Gasteiger partial charge on any atom is -0.370 e. The van der Waals surface area contributed by atoms with Gasteiger partial charge in [-0.1, -0.05) is 5.16 Å². The van der Waals surface area contributed by atoms with Gasteiger partial charge >= 0.3 is 0 Å². The van der Waals surface area contributed by atoms with Crippen molar-refractivity contribution >= 4 is 17.1 Å². The quantitative estimate of drug-likeness (QED) is 0.649. The Balaban J connectivity index is 1.16. The summed E-state index contributed by atoms with van der Waals surface area (Å²) in [5.41, 5.74) is 1.78. The van der Waals surface area contributed by atoms with Crippen molar-refractivity contribution in [3.8, 4) is 0 Å². The summed E-state index contributed by atoms with van der Waals surface area (Å²) in [6, 6.07) is 1.73. The molecule has 3 aromatic heterocycles. The van der Waals surface area contributed by atoms with Crippen LogP contribution in [-0.2, 0) is 18.3 Å². The first-order valence-corrected chi connectivity index (χ1v) is 10.8. The largest absolute Gasteiger partial charge is 0.370 e. The van der Waals surface area contributed by atoms with Crippen molar-refractivity contribution < 1.29 is 14.1 Å². The first-order chi connectivity index (χ1) is 15.0. The highest BCUT2D eigenvalue weighted by Gasteiger charge is 2.62. The van der Waals surface area contributed by atoms with Crippen molar-refractivity contribution in [1.82, 2.24) is 34.9 Å². The molecule has 0 aliphatic carbocycles. The molecule has 3 aliphatic rings. The standard InChI is InChI=1S/C21H25N7O3/c1-12-25-17(31-26-12)9-28-8-15-14(16-3-5-21(15,10-28)30-16)7-23-20(29)13-4-6-22-19-18(13)24-11-27(19)2/h4,6,11,14-16H,3,5,7-10H2,1-2H3,(H,23,29)/t14-,15+,16+,21+/m0/s1. The van der Waals surface area contributed by atoms with Gasteiger partial charge in [-0.15, -0.1) is 0 Å². The highest BCUT2D eigenvalue weighted by atomic mass is 16.5. The summed E-state index contributed by atoms with van der Waals surface area (Å²) in [5, 5.41) is 7.04. The van der Waals surface area contributed by atoms with Crippen LogP contribution in [0.4, 0.5) is 0 Å². The molecule has 0 aromatic carbocycles. The number of rotatable bonds is 5. The Morgan fingerprint density at radius 1 is 1.39 bits per heavy atom. The van der Waals surface area contributed by atoms with Gasteiger partial charge in [-0.25, -0.2) is 9.97 Å². The van der Waals surface area contributed by atoms with Gasteiger partial charge in [0.1, 0.15) is 5.52 Å². The van der Waals surface area contributed by atoms with E-state index < -0.39 is 0 Å². The number of amides is 1.